The minimum atomic E-state index is -1.79. The molecule has 27 heavy (non-hydrogen) atoms. The van der Waals surface area contributed by atoms with Crippen LogP contribution >= 0.6 is 0 Å². The number of hydrogen-bond donors (Lipinski definition) is 0. The van der Waals surface area contributed by atoms with E-state index >= 15 is 0 Å². The predicted octanol–water partition coefficient (Wildman–Crippen LogP) is 1.98. The zero-order valence-corrected chi connectivity index (χ0v) is 16.0. The molecule has 2 aromatic carbocycles. The minimum Gasteiger partial charge on any atom is -0.493 e. The summed E-state index contributed by atoms with van der Waals surface area (Å²) in [6.45, 7) is 2.44. The molecule has 0 bridgehead atoms. The number of fused-ring (bicyclic) bond motifs is 1. The number of rotatable bonds is 6. The van der Waals surface area contributed by atoms with Gasteiger partial charge in [-0.3, -0.25) is 18.6 Å². The Bertz CT molecular complexity index is 935. The molecule has 0 heterocycles. The van der Waals surface area contributed by atoms with Crippen molar-refractivity contribution < 1.29 is 37.5 Å². The average Bonchev–Trinajstić information content (AvgIpc) is 2.61. The van der Waals surface area contributed by atoms with Gasteiger partial charge in [-0.25, -0.2) is 0 Å². The van der Waals surface area contributed by atoms with Gasteiger partial charge in [-0.05, 0) is 6.07 Å². The molecule has 0 saturated carbocycles. The van der Waals surface area contributed by atoms with Gasteiger partial charge >= 0.3 is 17.9 Å². The van der Waals surface area contributed by atoms with Crippen molar-refractivity contribution in [2.75, 3.05) is 20.0 Å². The maximum absolute atomic E-state index is 12.7. The third-order valence-electron chi connectivity index (χ3n) is 3.44. The summed E-state index contributed by atoms with van der Waals surface area (Å²) in [6.07, 6.45) is 0. The summed E-state index contributed by atoms with van der Waals surface area (Å²) in [4.78, 5) is 34.8. The summed E-state index contributed by atoms with van der Waals surface area (Å²) in [5.74, 6) is -1.92. The summed E-state index contributed by atoms with van der Waals surface area (Å²) < 4.78 is 33.0. The highest BCUT2D eigenvalue weighted by Crippen LogP contribution is 2.44. The molecule has 2 rings (SSSR count). The quantitative estimate of drug-likeness (QED) is 0.541. The third-order valence-corrected chi connectivity index (χ3v) is 4.77. The van der Waals surface area contributed by atoms with Crippen LogP contribution in [0, 0.1) is 0 Å². The van der Waals surface area contributed by atoms with Crippen LogP contribution in [0.4, 0.5) is 0 Å². The zero-order valence-electron chi connectivity index (χ0n) is 15.2. The van der Waals surface area contributed by atoms with Crippen LogP contribution in [-0.2, 0) is 29.9 Å². The van der Waals surface area contributed by atoms with Crippen LogP contribution in [0.2, 0.25) is 0 Å². The lowest BCUT2D eigenvalue weighted by Gasteiger charge is -2.16. The number of hydrogen-bond acceptors (Lipinski definition) is 8. The van der Waals surface area contributed by atoms with E-state index < -0.39 is 28.7 Å². The van der Waals surface area contributed by atoms with E-state index in [1.54, 1.807) is 12.1 Å². The molecule has 1 atom stereocenters. The Kier molecular flexibility index (Phi) is 6.51. The molecule has 144 valence electrons. The van der Waals surface area contributed by atoms with Gasteiger partial charge in [0, 0.05) is 30.7 Å². The van der Waals surface area contributed by atoms with E-state index in [9.17, 15) is 18.6 Å². The van der Waals surface area contributed by atoms with E-state index in [0.717, 1.165) is 0 Å². The van der Waals surface area contributed by atoms with Crippen molar-refractivity contribution in [1.29, 1.82) is 0 Å². The van der Waals surface area contributed by atoms with E-state index in [0.29, 0.717) is 5.39 Å². The molecule has 0 aliphatic heterocycles. The van der Waals surface area contributed by atoms with Crippen molar-refractivity contribution in [3.63, 3.8) is 0 Å². The van der Waals surface area contributed by atoms with Gasteiger partial charge < -0.3 is 18.9 Å². The Hall–Kier alpha value is -2.94. The van der Waals surface area contributed by atoms with Crippen molar-refractivity contribution >= 4 is 39.5 Å². The topological polar surface area (TPSA) is 105 Å². The van der Waals surface area contributed by atoms with Gasteiger partial charge in [0.15, 0.2) is 11.5 Å². The summed E-state index contributed by atoms with van der Waals surface area (Å²) >= 11 is 0. The molecule has 0 spiro atoms. The average molecular weight is 394 g/mol. The Balaban J connectivity index is 2.81. The first kappa shape index (κ1) is 20.4. The number of methoxy groups -OCH3 is 2. The molecule has 8 nitrogen and oxygen atoms in total. The highest BCUT2D eigenvalue weighted by atomic mass is 32.2. The fraction of sp³-hybridized carbons (Fsp3) is 0.278. The minimum absolute atomic E-state index is 0.0686. The van der Waals surface area contributed by atoms with Crippen LogP contribution in [0.1, 0.15) is 13.8 Å². The van der Waals surface area contributed by atoms with Gasteiger partial charge in [-0.15, -0.1) is 0 Å². The largest absolute Gasteiger partial charge is 0.493 e. The Morgan fingerprint density at radius 3 is 2.22 bits per heavy atom. The predicted molar refractivity (Wildman–Crippen MR) is 96.4 cm³/mol. The Morgan fingerprint density at radius 1 is 1.00 bits per heavy atom. The lowest BCUT2D eigenvalue weighted by atomic mass is 10.1. The summed E-state index contributed by atoms with van der Waals surface area (Å²) in [7, 11) is 0.767. The third kappa shape index (κ3) is 4.62. The van der Waals surface area contributed by atoms with E-state index in [1.807, 2.05) is 0 Å². The monoisotopic (exact) mass is 394 g/mol. The smallest absolute Gasteiger partial charge is 0.318 e. The summed E-state index contributed by atoms with van der Waals surface area (Å²) in [5, 5.41) is 0.614. The molecule has 0 amide bonds. The molecule has 0 saturated heterocycles. The first-order chi connectivity index (χ1) is 12.8. The molecular weight excluding hydrogens is 376 g/mol. The summed E-state index contributed by atoms with van der Waals surface area (Å²) in [6, 6.07) is 6.07. The van der Waals surface area contributed by atoms with Crippen LogP contribution in [0.25, 0.3) is 10.8 Å². The van der Waals surface area contributed by atoms with Gasteiger partial charge in [0.1, 0.15) is 11.5 Å². The van der Waals surface area contributed by atoms with E-state index in [1.165, 1.54) is 40.2 Å². The SMILES string of the molecule is COC(=O)CS(=O)c1cccc2c(OC(C)=O)c(OC)cc(OC(C)=O)c12. The number of carbonyl (C=O) groups is 3. The van der Waals surface area contributed by atoms with Crippen molar-refractivity contribution in [3.8, 4) is 17.2 Å². The molecular formula is C18H18O8S. The fourth-order valence-electron chi connectivity index (χ4n) is 2.43. The molecule has 0 radical (unpaired) electrons. The van der Waals surface area contributed by atoms with Crippen LogP contribution in [0.15, 0.2) is 29.2 Å². The van der Waals surface area contributed by atoms with Crippen molar-refractivity contribution in [2.24, 2.45) is 0 Å². The molecule has 9 heteroatoms. The van der Waals surface area contributed by atoms with Gasteiger partial charge in [-0.2, -0.15) is 0 Å². The van der Waals surface area contributed by atoms with Crippen LogP contribution in [-0.4, -0.2) is 42.1 Å². The van der Waals surface area contributed by atoms with Gasteiger partial charge in [-0.1, -0.05) is 12.1 Å². The van der Waals surface area contributed by atoms with Gasteiger partial charge in [0.25, 0.3) is 0 Å². The highest BCUT2D eigenvalue weighted by Gasteiger charge is 2.23. The molecule has 0 fully saturated rings. The molecule has 1 unspecified atom stereocenters. The Morgan fingerprint density at radius 2 is 1.67 bits per heavy atom. The van der Waals surface area contributed by atoms with Gasteiger partial charge in [0.2, 0.25) is 0 Å². The second-order valence-electron chi connectivity index (χ2n) is 5.34. The maximum Gasteiger partial charge on any atom is 0.318 e. The molecule has 0 aliphatic rings. The standard InChI is InChI=1S/C18H18O8S/c1-10(19)25-13-8-14(23-3)18(26-11(2)20)12-6-5-7-15(17(12)13)27(22)9-16(21)24-4/h5-8H,9H2,1-4H3. The number of esters is 3. The lowest BCUT2D eigenvalue weighted by Crippen LogP contribution is -2.13. The molecule has 0 aromatic heterocycles. The Labute approximate surface area is 157 Å². The van der Waals surface area contributed by atoms with Gasteiger partial charge in [0.05, 0.1) is 29.9 Å². The van der Waals surface area contributed by atoms with Crippen LogP contribution in [0.5, 0.6) is 17.2 Å². The first-order valence-electron chi connectivity index (χ1n) is 7.74. The van der Waals surface area contributed by atoms with E-state index in [2.05, 4.69) is 4.74 Å². The second kappa shape index (κ2) is 8.63. The maximum atomic E-state index is 12.7. The fourth-order valence-corrected chi connectivity index (χ4v) is 3.59. The van der Waals surface area contributed by atoms with Crippen LogP contribution < -0.4 is 14.2 Å². The molecule has 0 N–H and O–H groups in total. The summed E-state index contributed by atoms with van der Waals surface area (Å²) in [5.41, 5.74) is 0. The molecule has 0 aliphatic carbocycles. The van der Waals surface area contributed by atoms with Crippen molar-refractivity contribution in [3.05, 3.63) is 24.3 Å². The number of benzene rings is 2. The second-order valence-corrected chi connectivity index (χ2v) is 6.76. The molecule has 2 aromatic rings. The van der Waals surface area contributed by atoms with E-state index in [-0.39, 0.29) is 33.3 Å². The number of carbonyl (C=O) groups excluding carboxylic acids is 3. The van der Waals surface area contributed by atoms with Crippen molar-refractivity contribution in [1.82, 2.24) is 0 Å². The lowest BCUT2D eigenvalue weighted by molar-refractivity contribution is -0.137. The van der Waals surface area contributed by atoms with Crippen LogP contribution in [0.3, 0.4) is 0 Å². The van der Waals surface area contributed by atoms with Crippen molar-refractivity contribution in [2.45, 2.75) is 18.7 Å². The van der Waals surface area contributed by atoms with E-state index in [4.69, 9.17) is 14.2 Å². The number of ether oxygens (including phenoxy) is 4. The first-order valence-corrected chi connectivity index (χ1v) is 9.06. The zero-order chi connectivity index (χ0) is 20.1. The normalized spacial score (nSPS) is 11.6. The highest BCUT2D eigenvalue weighted by molar-refractivity contribution is 7.86.